The van der Waals surface area contributed by atoms with Gasteiger partial charge in [-0.25, -0.2) is 0 Å². The zero-order chi connectivity index (χ0) is 20.1. The van der Waals surface area contributed by atoms with Crippen LogP contribution in [-0.2, 0) is 28.5 Å². The quantitative estimate of drug-likeness (QED) is 0.674. The van der Waals surface area contributed by atoms with Gasteiger partial charge < -0.3 is 30.4 Å². The molecule has 0 bridgehead atoms. The Kier molecular flexibility index (Phi) is 8.01. The number of hydrogen-bond donors (Lipinski definition) is 2. The van der Waals surface area contributed by atoms with E-state index in [9.17, 15) is 9.59 Å². The molecule has 8 heteroatoms. The van der Waals surface area contributed by atoms with Gasteiger partial charge >= 0.3 is 11.9 Å². The second-order valence-corrected chi connectivity index (χ2v) is 8.68. The van der Waals surface area contributed by atoms with Gasteiger partial charge in [0.1, 0.15) is 11.2 Å². The van der Waals surface area contributed by atoms with Gasteiger partial charge in [0.25, 0.3) is 0 Å². The summed E-state index contributed by atoms with van der Waals surface area (Å²) < 4.78 is 20.5. The molecule has 0 radical (unpaired) electrons. The molecule has 0 saturated carbocycles. The normalized spacial score (nSPS) is 28.9. The Labute approximate surface area is 155 Å². The second kappa shape index (κ2) is 9.12. The Balaban J connectivity index is 0.000000260. The van der Waals surface area contributed by atoms with Crippen LogP contribution in [0.3, 0.4) is 0 Å². The summed E-state index contributed by atoms with van der Waals surface area (Å²) in [7, 11) is 0. The van der Waals surface area contributed by atoms with Gasteiger partial charge in [-0.3, -0.25) is 9.59 Å². The van der Waals surface area contributed by atoms with Gasteiger partial charge in [-0.05, 0) is 41.5 Å². The Hall–Kier alpha value is -1.22. The average molecular weight is 374 g/mol. The fraction of sp³-hybridized carbons (Fsp3) is 0.889. The van der Waals surface area contributed by atoms with Gasteiger partial charge in [-0.2, -0.15) is 0 Å². The maximum Gasteiger partial charge on any atom is 0.313 e. The highest BCUT2D eigenvalue weighted by Gasteiger charge is 2.35. The van der Waals surface area contributed by atoms with Crippen molar-refractivity contribution in [1.29, 1.82) is 0 Å². The molecule has 2 rings (SSSR count). The Morgan fingerprint density at radius 1 is 0.731 bits per heavy atom. The molecule has 0 aromatic carbocycles. The third kappa shape index (κ3) is 7.99. The van der Waals surface area contributed by atoms with Crippen molar-refractivity contribution in [3.05, 3.63) is 0 Å². The van der Waals surface area contributed by atoms with Crippen molar-refractivity contribution < 1.29 is 28.5 Å². The summed E-state index contributed by atoms with van der Waals surface area (Å²) in [6.07, 6.45) is 0. The van der Waals surface area contributed by atoms with E-state index in [0.29, 0.717) is 26.4 Å². The van der Waals surface area contributed by atoms with E-state index in [-0.39, 0.29) is 35.9 Å². The third-order valence-corrected chi connectivity index (χ3v) is 3.67. The lowest BCUT2D eigenvalue weighted by atomic mass is 10.0. The predicted octanol–water partition coefficient (Wildman–Crippen LogP) is 0.604. The van der Waals surface area contributed by atoms with E-state index < -0.39 is 11.2 Å². The standard InChI is InChI=1S/2C9H17NO3/c2*1-9(2,3)13-8(11)6-4-12-5-7(6)10/h2*6-7H,4-5,10H2,1-3H3/t2*6-,7+/m10/s1. The van der Waals surface area contributed by atoms with Gasteiger partial charge in [-0.1, -0.05) is 0 Å². The number of ether oxygens (including phenoxy) is 4. The van der Waals surface area contributed by atoms with Crippen LogP contribution in [0.25, 0.3) is 0 Å². The van der Waals surface area contributed by atoms with Crippen LogP contribution in [0.5, 0.6) is 0 Å². The van der Waals surface area contributed by atoms with Crippen LogP contribution in [0.1, 0.15) is 41.5 Å². The summed E-state index contributed by atoms with van der Waals surface area (Å²) in [5.41, 5.74) is 10.5. The molecule has 4 atom stereocenters. The molecule has 2 aliphatic rings. The maximum absolute atomic E-state index is 11.5. The van der Waals surface area contributed by atoms with Crippen LogP contribution in [0.2, 0.25) is 0 Å². The highest BCUT2D eigenvalue weighted by molar-refractivity contribution is 5.74. The highest BCUT2D eigenvalue weighted by atomic mass is 16.6. The molecule has 0 aromatic heterocycles. The molecular weight excluding hydrogens is 340 g/mol. The summed E-state index contributed by atoms with van der Waals surface area (Å²) >= 11 is 0. The first-order chi connectivity index (χ1) is 11.8. The summed E-state index contributed by atoms with van der Waals surface area (Å²) in [4.78, 5) is 23.0. The molecule has 2 aliphatic heterocycles. The number of hydrogen-bond acceptors (Lipinski definition) is 8. The van der Waals surface area contributed by atoms with E-state index in [1.165, 1.54) is 0 Å². The van der Waals surface area contributed by atoms with E-state index in [1.54, 1.807) is 0 Å². The predicted molar refractivity (Wildman–Crippen MR) is 96.3 cm³/mol. The molecule has 0 amide bonds. The maximum atomic E-state index is 11.5. The molecule has 152 valence electrons. The molecule has 0 aromatic rings. The fourth-order valence-corrected chi connectivity index (χ4v) is 2.38. The van der Waals surface area contributed by atoms with Gasteiger partial charge in [0, 0.05) is 12.1 Å². The lowest BCUT2D eigenvalue weighted by Crippen LogP contribution is -2.38. The fourth-order valence-electron chi connectivity index (χ4n) is 2.38. The van der Waals surface area contributed by atoms with Crippen LogP contribution in [-0.4, -0.2) is 61.7 Å². The zero-order valence-electron chi connectivity index (χ0n) is 16.7. The van der Waals surface area contributed by atoms with Crippen LogP contribution < -0.4 is 11.5 Å². The summed E-state index contributed by atoms with van der Waals surface area (Å²) in [5.74, 6) is -1.09. The average Bonchev–Trinajstić information content (AvgIpc) is 3.04. The monoisotopic (exact) mass is 374 g/mol. The first kappa shape index (κ1) is 22.8. The van der Waals surface area contributed by atoms with Crippen LogP contribution in [0.15, 0.2) is 0 Å². The number of carbonyl (C=O) groups is 2. The molecule has 0 spiro atoms. The largest absolute Gasteiger partial charge is 0.460 e. The Bertz CT molecular complexity index is 439. The van der Waals surface area contributed by atoms with E-state index in [2.05, 4.69) is 0 Å². The van der Waals surface area contributed by atoms with Crippen molar-refractivity contribution in [3.63, 3.8) is 0 Å². The number of rotatable bonds is 2. The molecule has 26 heavy (non-hydrogen) atoms. The minimum absolute atomic E-state index is 0.213. The minimum Gasteiger partial charge on any atom is -0.460 e. The van der Waals surface area contributed by atoms with E-state index in [1.807, 2.05) is 41.5 Å². The molecule has 0 aliphatic carbocycles. The van der Waals surface area contributed by atoms with Crippen molar-refractivity contribution in [2.24, 2.45) is 23.3 Å². The van der Waals surface area contributed by atoms with Crippen molar-refractivity contribution in [1.82, 2.24) is 0 Å². The summed E-state index contributed by atoms with van der Waals surface area (Å²) in [5, 5.41) is 0. The highest BCUT2D eigenvalue weighted by Crippen LogP contribution is 2.18. The van der Waals surface area contributed by atoms with Crippen molar-refractivity contribution in [2.75, 3.05) is 26.4 Å². The lowest BCUT2D eigenvalue weighted by molar-refractivity contribution is -0.161. The van der Waals surface area contributed by atoms with Crippen molar-refractivity contribution in [3.8, 4) is 0 Å². The topological polar surface area (TPSA) is 123 Å². The number of esters is 2. The molecule has 2 saturated heterocycles. The van der Waals surface area contributed by atoms with Crippen molar-refractivity contribution in [2.45, 2.75) is 64.8 Å². The summed E-state index contributed by atoms with van der Waals surface area (Å²) in [6, 6.07) is -0.426. The van der Waals surface area contributed by atoms with Gasteiger partial charge in [0.05, 0.1) is 38.3 Å². The van der Waals surface area contributed by atoms with Gasteiger partial charge in [0.15, 0.2) is 0 Å². The molecule has 2 heterocycles. The third-order valence-electron chi connectivity index (χ3n) is 3.67. The molecule has 4 N–H and O–H groups in total. The SMILES string of the molecule is CC(C)(C)OC(=O)[C@@H]1COC[C@@H]1N.CC(C)(C)OC(=O)[C@H]1COC[C@H]1N. The van der Waals surface area contributed by atoms with Gasteiger partial charge in [0.2, 0.25) is 0 Å². The van der Waals surface area contributed by atoms with Crippen molar-refractivity contribution >= 4 is 11.9 Å². The second-order valence-electron chi connectivity index (χ2n) is 8.68. The first-order valence-corrected chi connectivity index (χ1v) is 8.92. The lowest BCUT2D eigenvalue weighted by Gasteiger charge is -2.22. The van der Waals surface area contributed by atoms with Gasteiger partial charge in [-0.15, -0.1) is 0 Å². The molecule has 0 unspecified atom stereocenters. The Morgan fingerprint density at radius 2 is 1.04 bits per heavy atom. The smallest absolute Gasteiger partial charge is 0.313 e. The van der Waals surface area contributed by atoms with E-state index in [4.69, 9.17) is 30.4 Å². The van der Waals surface area contributed by atoms with Crippen LogP contribution >= 0.6 is 0 Å². The van der Waals surface area contributed by atoms with Crippen LogP contribution in [0, 0.1) is 11.8 Å². The first-order valence-electron chi connectivity index (χ1n) is 8.92. The number of nitrogens with two attached hydrogens (primary N) is 2. The minimum atomic E-state index is -0.445. The zero-order valence-corrected chi connectivity index (χ0v) is 16.7. The number of carbonyl (C=O) groups excluding carboxylic acids is 2. The molecular formula is C18H34N2O6. The molecule has 2 fully saturated rings. The van der Waals surface area contributed by atoms with Crippen LogP contribution in [0.4, 0.5) is 0 Å². The van der Waals surface area contributed by atoms with E-state index >= 15 is 0 Å². The van der Waals surface area contributed by atoms with E-state index in [0.717, 1.165) is 0 Å². The molecule has 8 nitrogen and oxygen atoms in total. The Morgan fingerprint density at radius 3 is 1.23 bits per heavy atom. The summed E-state index contributed by atoms with van der Waals surface area (Å²) in [6.45, 7) is 12.7.